The number of anilines is 1. The van der Waals surface area contributed by atoms with Crippen LogP contribution in [-0.2, 0) is 8.53 Å². The first kappa shape index (κ1) is 21.9. The van der Waals surface area contributed by atoms with Gasteiger partial charge in [0.15, 0.2) is 0 Å². The first-order valence-electron chi connectivity index (χ1n) is 8.00. The van der Waals surface area contributed by atoms with E-state index in [2.05, 4.69) is 10.4 Å². The summed E-state index contributed by atoms with van der Waals surface area (Å²) in [6, 6.07) is 12.0. The van der Waals surface area contributed by atoms with E-state index in [-0.39, 0.29) is 11.4 Å². The van der Waals surface area contributed by atoms with Crippen LogP contribution in [0.15, 0.2) is 60.9 Å². The van der Waals surface area contributed by atoms with Crippen molar-refractivity contribution in [2.75, 3.05) is 5.32 Å². The summed E-state index contributed by atoms with van der Waals surface area (Å²) in [6.45, 7) is 1.23. The number of nitro benzene ring substituents is 1. The molecule has 1 aromatic heterocycles. The van der Waals surface area contributed by atoms with Crippen LogP contribution in [0.4, 0.5) is 11.4 Å². The average Bonchev–Trinajstić information content (AvgIpc) is 3.17. The Kier molecular flexibility index (Phi) is 6.94. The maximum Gasteiger partial charge on any atom is 0.294 e. The Morgan fingerprint density at radius 3 is 2.41 bits per heavy atom. The minimum absolute atomic E-state index is 0.00951. The summed E-state index contributed by atoms with van der Waals surface area (Å²) >= 11 is -5.15. The molecule has 0 aliphatic heterocycles. The quantitative estimate of drug-likeness (QED) is 0.189. The molecule has 3 aromatic rings. The number of hydrogen-bond donors (Lipinski definition) is 4. The first-order valence-corrected chi connectivity index (χ1v) is 11.4. The number of rotatable bonds is 4. The molecule has 0 aliphatic carbocycles. The number of amides is 1. The maximum atomic E-state index is 11.0. The fourth-order valence-electron chi connectivity index (χ4n) is 2.28. The van der Waals surface area contributed by atoms with Crippen molar-refractivity contribution in [2.24, 2.45) is 0 Å². The predicted molar refractivity (Wildman–Crippen MR) is 103 cm³/mol. The summed E-state index contributed by atoms with van der Waals surface area (Å²) in [4.78, 5) is 21.0. The van der Waals surface area contributed by atoms with Crippen LogP contribution in [0, 0.1) is 10.1 Å². The van der Waals surface area contributed by atoms with E-state index < -0.39 is 35.1 Å². The molecule has 29 heavy (non-hydrogen) atoms. The van der Waals surface area contributed by atoms with Crippen molar-refractivity contribution in [3.63, 3.8) is 0 Å². The Balaban J connectivity index is 0.000000207. The van der Waals surface area contributed by atoms with E-state index in [1.165, 1.54) is 29.8 Å². The van der Waals surface area contributed by atoms with Crippen LogP contribution in [0.1, 0.15) is 6.92 Å². The molecule has 0 saturated heterocycles. The van der Waals surface area contributed by atoms with Crippen molar-refractivity contribution in [1.82, 2.24) is 9.78 Å². The van der Waals surface area contributed by atoms with Crippen molar-refractivity contribution in [1.29, 1.82) is 0 Å². The molecule has 0 fully saturated rings. The number of phenols is 1. The Hall–Kier alpha value is -3.40. The molecule has 0 atom stereocenters. The number of carbonyl (C=O) groups excluding carboxylic acids is 1. The van der Waals surface area contributed by atoms with Gasteiger partial charge in [0, 0.05) is 18.5 Å². The van der Waals surface area contributed by atoms with E-state index in [9.17, 15) is 23.8 Å². The Morgan fingerprint density at radius 1 is 1.17 bits per heavy atom. The van der Waals surface area contributed by atoms with Gasteiger partial charge in [0.2, 0.25) is 0 Å². The molecule has 0 saturated carbocycles. The number of nitrogens with zero attached hydrogens (tertiary/aromatic N) is 3. The molecule has 0 bridgehead atoms. The second-order valence-electron chi connectivity index (χ2n) is 5.59. The number of aromatic nitrogens is 2. The van der Waals surface area contributed by atoms with Gasteiger partial charge < -0.3 is 0 Å². The van der Waals surface area contributed by atoms with Gasteiger partial charge >= 0.3 is 88.1 Å². The molecule has 11 nitrogen and oxygen atoms in total. The molecule has 12 heteroatoms. The number of aromatic hydroxyl groups is 1. The van der Waals surface area contributed by atoms with Crippen LogP contribution in [0.5, 0.6) is 5.75 Å². The second-order valence-corrected chi connectivity index (χ2v) is 8.89. The van der Waals surface area contributed by atoms with Crippen LogP contribution < -0.4 is 9.67 Å². The van der Waals surface area contributed by atoms with Gasteiger partial charge in [-0.1, -0.05) is 12.1 Å². The van der Waals surface area contributed by atoms with Crippen molar-refractivity contribution < 1.29 is 26.8 Å². The maximum absolute atomic E-state index is 11.0. The monoisotopic (exact) mass is 464 g/mol. The van der Waals surface area contributed by atoms with Gasteiger partial charge in [0.25, 0.3) is 5.69 Å². The van der Waals surface area contributed by atoms with Gasteiger partial charge in [-0.2, -0.15) is 5.10 Å². The molecule has 2 aromatic carbocycles. The standard InChI is InChI=1S/C9H7N3O2.C8H10AsNO5/c13-12(14)9-5-2-1-4-8(9)11-7-3-6-10-11;1-5(11)10-7-4-2-3-6(8(7)12)9(13,14)15/h1-7H;2-4,12H,1H3,(H,10,11)(H2,13,14,15). The zero-order valence-electron chi connectivity index (χ0n) is 15.0. The number of hydrogen-bond acceptors (Lipinski definition) is 6. The summed E-state index contributed by atoms with van der Waals surface area (Å²) in [5.41, 5.74) is 0.517. The van der Waals surface area contributed by atoms with E-state index in [1.54, 1.807) is 36.7 Å². The van der Waals surface area contributed by atoms with Crippen LogP contribution in [0.3, 0.4) is 0 Å². The van der Waals surface area contributed by atoms with Crippen LogP contribution in [-0.4, -0.2) is 48.1 Å². The minimum atomic E-state index is -5.15. The molecule has 0 aliphatic rings. The zero-order chi connectivity index (χ0) is 21.6. The number of nitro groups is 1. The van der Waals surface area contributed by atoms with Gasteiger partial charge in [-0.15, -0.1) is 0 Å². The van der Waals surface area contributed by atoms with Crippen molar-refractivity contribution in [3.05, 3.63) is 71.0 Å². The SMILES string of the molecule is CC(=O)Nc1cccc([As](=O)(O)O)c1O.O=[N+]([O-])c1ccccc1-n1cccn1. The number of para-hydroxylation sites is 3. The third kappa shape index (κ3) is 5.79. The summed E-state index contributed by atoms with van der Waals surface area (Å²) in [6.07, 6.45) is 3.25. The predicted octanol–water partition coefficient (Wildman–Crippen LogP) is 0.692. The van der Waals surface area contributed by atoms with Gasteiger partial charge in [-0.3, -0.25) is 10.1 Å². The van der Waals surface area contributed by atoms with Crippen molar-refractivity contribution in [2.45, 2.75) is 6.92 Å². The Bertz CT molecular complexity index is 1060. The van der Waals surface area contributed by atoms with Gasteiger partial charge in [0.1, 0.15) is 5.69 Å². The molecule has 1 heterocycles. The zero-order valence-corrected chi connectivity index (χ0v) is 16.9. The smallest absolute Gasteiger partial charge is 0.258 e. The fraction of sp³-hybridized carbons (Fsp3) is 0.0588. The molecule has 1 amide bonds. The molecule has 4 N–H and O–H groups in total. The van der Waals surface area contributed by atoms with Crippen LogP contribution >= 0.6 is 0 Å². The molecule has 152 valence electrons. The largest absolute Gasteiger partial charge is 0.294 e. The number of benzene rings is 2. The van der Waals surface area contributed by atoms with Gasteiger partial charge in [-0.25, -0.2) is 4.68 Å². The fourth-order valence-corrected chi connectivity index (χ4v) is 3.70. The van der Waals surface area contributed by atoms with Crippen LogP contribution in [0.25, 0.3) is 5.69 Å². The molecule has 0 spiro atoms. The van der Waals surface area contributed by atoms with Crippen LogP contribution in [0.2, 0.25) is 0 Å². The topological polar surface area (TPSA) is 168 Å². The van der Waals surface area contributed by atoms with Crippen molar-refractivity contribution >= 4 is 35.8 Å². The normalized spacial score (nSPS) is 10.6. The molecular weight excluding hydrogens is 447 g/mol. The van der Waals surface area contributed by atoms with E-state index in [4.69, 9.17) is 8.19 Å². The number of carbonyl (C=O) groups is 1. The summed E-state index contributed by atoms with van der Waals surface area (Å²) < 4.78 is 29.9. The molecular formula is C17H17AsN4O7. The van der Waals surface area contributed by atoms with E-state index in [0.717, 1.165) is 6.07 Å². The van der Waals surface area contributed by atoms with E-state index >= 15 is 0 Å². The van der Waals surface area contributed by atoms with Gasteiger partial charge in [0.05, 0.1) is 4.92 Å². The van der Waals surface area contributed by atoms with E-state index in [0.29, 0.717) is 5.69 Å². The van der Waals surface area contributed by atoms with E-state index in [1.807, 2.05) is 0 Å². The summed E-state index contributed by atoms with van der Waals surface area (Å²) in [5, 5.41) is 26.4. The molecule has 0 unspecified atom stereocenters. The van der Waals surface area contributed by atoms with Gasteiger partial charge in [-0.05, 0) is 12.1 Å². The molecule has 0 radical (unpaired) electrons. The molecule has 3 rings (SSSR count). The first-order chi connectivity index (χ1) is 13.6. The minimum Gasteiger partial charge on any atom is -0.258 e. The van der Waals surface area contributed by atoms with Crippen molar-refractivity contribution in [3.8, 4) is 11.4 Å². The Labute approximate surface area is 167 Å². The number of nitrogens with one attached hydrogen (secondary N) is 1. The summed E-state index contributed by atoms with van der Waals surface area (Å²) in [5.74, 6) is -1.01. The average molecular weight is 464 g/mol. The second kappa shape index (κ2) is 9.19. The third-order valence-corrected chi connectivity index (χ3v) is 5.54. The Morgan fingerprint density at radius 2 is 1.86 bits per heavy atom. The number of phenolic OH excluding ortho intramolecular Hbond substituents is 1. The summed E-state index contributed by atoms with van der Waals surface area (Å²) in [7, 11) is 0. The third-order valence-electron chi connectivity index (χ3n) is 3.47.